The van der Waals surface area contributed by atoms with E-state index in [4.69, 9.17) is 11.0 Å². The minimum Gasteiger partial charge on any atom is -0.364 e. The molecule has 3 N–H and O–H groups in total. The van der Waals surface area contributed by atoms with Crippen molar-refractivity contribution >= 4 is 28.4 Å². The molecule has 0 radical (unpaired) electrons. The number of fused-ring (bicyclic) bond motifs is 1. The molecule has 2 amide bonds. The van der Waals surface area contributed by atoms with Gasteiger partial charge in [0.1, 0.15) is 17.6 Å². The van der Waals surface area contributed by atoms with E-state index in [0.29, 0.717) is 40.3 Å². The number of nitrogens with zero attached hydrogens (tertiary/aromatic N) is 5. The predicted molar refractivity (Wildman–Crippen MR) is 118 cm³/mol. The van der Waals surface area contributed by atoms with Crippen molar-refractivity contribution in [3.05, 3.63) is 82.3 Å². The summed E-state index contributed by atoms with van der Waals surface area (Å²) in [6, 6.07) is 10.5. The van der Waals surface area contributed by atoms with Gasteiger partial charge < -0.3 is 11.1 Å². The first kappa shape index (κ1) is 21.6. The van der Waals surface area contributed by atoms with Gasteiger partial charge in [0.2, 0.25) is 0 Å². The second kappa shape index (κ2) is 8.47. The monoisotopic (exact) mass is 443 g/mol. The number of carbonyl (C=O) groups is 2. The molecule has 0 saturated carbocycles. The molecule has 0 aliphatic rings. The number of nitrogens with two attached hydrogens (primary N) is 1. The Balaban J connectivity index is 1.67. The molecule has 1 aromatic carbocycles. The van der Waals surface area contributed by atoms with E-state index < -0.39 is 17.6 Å². The normalized spacial score (nSPS) is 10.7. The molecule has 0 spiro atoms. The number of hydrogen-bond donors (Lipinski definition) is 2. The zero-order valence-electron chi connectivity index (χ0n) is 17.8. The fraction of sp³-hybridized carbons (Fsp3) is 0.130. The van der Waals surface area contributed by atoms with E-state index in [-0.39, 0.29) is 16.8 Å². The summed E-state index contributed by atoms with van der Waals surface area (Å²) in [4.78, 5) is 33.1. The van der Waals surface area contributed by atoms with Crippen LogP contribution in [0.5, 0.6) is 0 Å². The molecule has 4 aromatic rings. The predicted octanol–water partition coefficient (Wildman–Crippen LogP) is 2.85. The lowest BCUT2D eigenvalue weighted by atomic mass is 10.1. The van der Waals surface area contributed by atoms with Crippen LogP contribution in [0, 0.1) is 31.0 Å². The molecular formula is C23H18FN7O2. The average Bonchev–Trinajstić information content (AvgIpc) is 3.05. The standard InChI is InChI=1S/C23H18FN7O2/c1-12-21(13(2)31(30-12)11-16-5-3-14(9-25)10-27-16)29-23(33)18-8-20(22(26)32)28-19-7-15(24)4-6-17(18)19/h3-8,10H,11H2,1-2H3,(H2,26,32)(H,29,33). The van der Waals surface area contributed by atoms with Gasteiger partial charge >= 0.3 is 0 Å². The van der Waals surface area contributed by atoms with Gasteiger partial charge in [0.15, 0.2) is 0 Å². The van der Waals surface area contributed by atoms with Gasteiger partial charge in [0, 0.05) is 17.6 Å². The van der Waals surface area contributed by atoms with Crippen molar-refractivity contribution in [1.29, 1.82) is 5.26 Å². The Morgan fingerprint density at radius 2 is 2.00 bits per heavy atom. The second-order valence-corrected chi connectivity index (χ2v) is 7.39. The molecule has 0 atom stereocenters. The molecule has 0 bridgehead atoms. The smallest absolute Gasteiger partial charge is 0.267 e. The Morgan fingerprint density at radius 3 is 2.67 bits per heavy atom. The van der Waals surface area contributed by atoms with Crippen molar-refractivity contribution in [3.8, 4) is 6.07 Å². The van der Waals surface area contributed by atoms with Crippen molar-refractivity contribution in [2.24, 2.45) is 5.73 Å². The van der Waals surface area contributed by atoms with Crippen molar-refractivity contribution < 1.29 is 14.0 Å². The van der Waals surface area contributed by atoms with Crippen LogP contribution in [0.2, 0.25) is 0 Å². The van der Waals surface area contributed by atoms with Crippen molar-refractivity contribution in [2.75, 3.05) is 5.32 Å². The van der Waals surface area contributed by atoms with Gasteiger partial charge in [-0.15, -0.1) is 0 Å². The zero-order chi connectivity index (χ0) is 23.7. The summed E-state index contributed by atoms with van der Waals surface area (Å²) in [5.41, 5.74) is 8.40. The topological polar surface area (TPSA) is 140 Å². The quantitative estimate of drug-likeness (QED) is 0.486. The van der Waals surface area contributed by atoms with E-state index >= 15 is 0 Å². The summed E-state index contributed by atoms with van der Waals surface area (Å²) in [5, 5.41) is 16.6. The van der Waals surface area contributed by atoms with Crippen LogP contribution in [0.1, 0.15) is 43.5 Å². The van der Waals surface area contributed by atoms with Crippen LogP contribution in [0.3, 0.4) is 0 Å². The number of aromatic nitrogens is 4. The van der Waals surface area contributed by atoms with Gasteiger partial charge in [-0.05, 0) is 44.2 Å². The van der Waals surface area contributed by atoms with E-state index in [1.165, 1.54) is 24.4 Å². The number of benzene rings is 1. The minimum atomic E-state index is -0.828. The summed E-state index contributed by atoms with van der Waals surface area (Å²) < 4.78 is 15.4. The molecule has 4 rings (SSSR count). The first-order valence-electron chi connectivity index (χ1n) is 9.87. The first-order valence-corrected chi connectivity index (χ1v) is 9.87. The summed E-state index contributed by atoms with van der Waals surface area (Å²) in [6.07, 6.45) is 1.48. The van der Waals surface area contributed by atoms with Gasteiger partial charge in [0.05, 0.1) is 46.0 Å². The van der Waals surface area contributed by atoms with Gasteiger partial charge in [-0.1, -0.05) is 0 Å². The molecule has 9 nitrogen and oxygen atoms in total. The van der Waals surface area contributed by atoms with Crippen LogP contribution in [-0.2, 0) is 6.54 Å². The van der Waals surface area contributed by atoms with Crippen LogP contribution in [-0.4, -0.2) is 31.6 Å². The number of nitrogens with one attached hydrogen (secondary N) is 1. The van der Waals surface area contributed by atoms with Crippen LogP contribution in [0.25, 0.3) is 10.9 Å². The van der Waals surface area contributed by atoms with Crippen molar-refractivity contribution in [2.45, 2.75) is 20.4 Å². The number of nitriles is 1. The summed E-state index contributed by atoms with van der Waals surface area (Å²) in [7, 11) is 0. The third kappa shape index (κ3) is 4.24. The van der Waals surface area contributed by atoms with Gasteiger partial charge in [-0.2, -0.15) is 10.4 Å². The van der Waals surface area contributed by atoms with Crippen LogP contribution < -0.4 is 11.1 Å². The molecule has 0 fully saturated rings. The Labute approximate surface area is 187 Å². The molecule has 0 aliphatic heterocycles. The second-order valence-electron chi connectivity index (χ2n) is 7.39. The highest BCUT2D eigenvalue weighted by atomic mass is 19.1. The summed E-state index contributed by atoms with van der Waals surface area (Å²) >= 11 is 0. The van der Waals surface area contributed by atoms with Gasteiger partial charge in [-0.25, -0.2) is 9.37 Å². The van der Waals surface area contributed by atoms with Gasteiger partial charge in [-0.3, -0.25) is 19.3 Å². The number of primary amides is 1. The first-order chi connectivity index (χ1) is 15.8. The zero-order valence-corrected chi connectivity index (χ0v) is 17.8. The van der Waals surface area contributed by atoms with E-state index in [0.717, 1.165) is 6.07 Å². The summed E-state index contributed by atoms with van der Waals surface area (Å²) in [5.74, 6) is -1.89. The molecule has 10 heteroatoms. The Morgan fingerprint density at radius 1 is 1.21 bits per heavy atom. The molecule has 0 aliphatic carbocycles. The number of anilines is 1. The average molecular weight is 443 g/mol. The van der Waals surface area contributed by atoms with Crippen molar-refractivity contribution in [3.63, 3.8) is 0 Å². The minimum absolute atomic E-state index is 0.133. The SMILES string of the molecule is Cc1nn(Cc2ccc(C#N)cn2)c(C)c1NC(=O)c1cc(C(N)=O)nc2cc(F)ccc12. The molecule has 3 heterocycles. The van der Waals surface area contributed by atoms with E-state index in [1.54, 1.807) is 30.7 Å². The van der Waals surface area contributed by atoms with Crippen molar-refractivity contribution in [1.82, 2.24) is 19.7 Å². The lowest BCUT2D eigenvalue weighted by Gasteiger charge is -2.10. The Hall–Kier alpha value is -4.65. The maximum Gasteiger partial charge on any atom is 0.267 e. The lowest BCUT2D eigenvalue weighted by molar-refractivity contribution is 0.0996. The maximum atomic E-state index is 13.7. The molecule has 164 valence electrons. The fourth-order valence-electron chi connectivity index (χ4n) is 3.47. The number of halogens is 1. The summed E-state index contributed by atoms with van der Waals surface area (Å²) in [6.45, 7) is 3.89. The van der Waals surface area contributed by atoms with Crippen LogP contribution in [0.15, 0.2) is 42.6 Å². The molecule has 3 aromatic heterocycles. The number of rotatable bonds is 5. The highest BCUT2D eigenvalue weighted by molar-refractivity contribution is 6.14. The molecule has 33 heavy (non-hydrogen) atoms. The highest BCUT2D eigenvalue weighted by Gasteiger charge is 2.20. The van der Waals surface area contributed by atoms with E-state index in [2.05, 4.69) is 20.4 Å². The number of hydrogen-bond acceptors (Lipinski definition) is 6. The molecular weight excluding hydrogens is 425 g/mol. The largest absolute Gasteiger partial charge is 0.364 e. The molecule has 0 saturated heterocycles. The third-order valence-electron chi connectivity index (χ3n) is 5.15. The van der Waals surface area contributed by atoms with Gasteiger partial charge in [0.25, 0.3) is 11.8 Å². The van der Waals surface area contributed by atoms with Crippen LogP contribution >= 0.6 is 0 Å². The Bertz CT molecular complexity index is 1450. The van der Waals surface area contributed by atoms with Crippen LogP contribution in [0.4, 0.5) is 10.1 Å². The Kier molecular flexibility index (Phi) is 5.54. The highest BCUT2D eigenvalue weighted by Crippen LogP contribution is 2.24. The maximum absolute atomic E-state index is 13.7. The number of pyridine rings is 2. The van der Waals surface area contributed by atoms with E-state index in [1.807, 2.05) is 6.07 Å². The third-order valence-corrected chi connectivity index (χ3v) is 5.15. The number of amides is 2. The lowest BCUT2D eigenvalue weighted by Crippen LogP contribution is -2.18. The number of carbonyl (C=O) groups excluding carboxylic acids is 2. The van der Waals surface area contributed by atoms with E-state index in [9.17, 15) is 14.0 Å². The number of aryl methyl sites for hydroxylation is 1. The molecule has 0 unspecified atom stereocenters. The fourth-order valence-corrected chi connectivity index (χ4v) is 3.47.